The number of hydrogen-bond donors (Lipinski definition) is 1. The van der Waals surface area contributed by atoms with Crippen molar-refractivity contribution in [2.75, 3.05) is 41.0 Å². The molecule has 0 saturated carbocycles. The van der Waals surface area contributed by atoms with Gasteiger partial charge in [-0.05, 0) is 31.0 Å². The smallest absolute Gasteiger partial charge is 0.123 e. The number of nitrogens with zero attached hydrogens (tertiary/aromatic N) is 1. The Morgan fingerprint density at radius 2 is 1.90 bits per heavy atom. The van der Waals surface area contributed by atoms with Gasteiger partial charge >= 0.3 is 0 Å². The van der Waals surface area contributed by atoms with Crippen molar-refractivity contribution in [1.82, 2.24) is 4.90 Å². The van der Waals surface area contributed by atoms with E-state index in [1.165, 1.54) is 0 Å². The fourth-order valence-corrected chi connectivity index (χ4v) is 3.00. The summed E-state index contributed by atoms with van der Waals surface area (Å²) in [5.74, 6) is 1.69. The molecular formula is C16H26N2O3. The zero-order chi connectivity index (χ0) is 15.2. The fraction of sp³-hybridized carbons (Fsp3) is 0.625. The molecule has 1 aliphatic heterocycles. The molecule has 1 fully saturated rings. The molecule has 0 spiro atoms. The van der Waals surface area contributed by atoms with Gasteiger partial charge in [0.15, 0.2) is 0 Å². The minimum atomic E-state index is 0.146. The second-order valence-electron chi connectivity index (χ2n) is 5.33. The normalized spacial score (nSPS) is 18.5. The zero-order valence-corrected chi connectivity index (χ0v) is 13.2. The Morgan fingerprint density at radius 1 is 1.19 bits per heavy atom. The van der Waals surface area contributed by atoms with Crippen LogP contribution < -0.4 is 15.2 Å². The van der Waals surface area contributed by atoms with Gasteiger partial charge in [-0.3, -0.25) is 4.90 Å². The molecule has 2 N–H and O–H groups in total. The van der Waals surface area contributed by atoms with Crippen LogP contribution in [0.5, 0.6) is 11.5 Å². The van der Waals surface area contributed by atoms with Crippen LogP contribution >= 0.6 is 0 Å². The van der Waals surface area contributed by atoms with E-state index in [2.05, 4.69) is 4.90 Å². The number of nitrogens with two attached hydrogens (primary N) is 1. The Morgan fingerprint density at radius 3 is 2.43 bits per heavy atom. The van der Waals surface area contributed by atoms with E-state index in [-0.39, 0.29) is 6.04 Å². The molecule has 1 aromatic rings. The van der Waals surface area contributed by atoms with Crippen molar-refractivity contribution >= 4 is 0 Å². The predicted octanol–water partition coefficient (Wildman–Crippen LogP) is 1.81. The number of ether oxygens (including phenoxy) is 3. The van der Waals surface area contributed by atoms with Crippen LogP contribution in [0.1, 0.15) is 24.4 Å². The molecule has 0 bridgehead atoms. The first kappa shape index (κ1) is 16.1. The molecule has 0 radical (unpaired) electrons. The molecule has 1 aliphatic rings. The molecule has 0 amide bonds. The molecule has 5 heteroatoms. The lowest BCUT2D eigenvalue weighted by atomic mass is 9.99. The fourth-order valence-electron chi connectivity index (χ4n) is 3.00. The second kappa shape index (κ2) is 7.64. The molecule has 1 aromatic carbocycles. The summed E-state index contributed by atoms with van der Waals surface area (Å²) in [5.41, 5.74) is 7.14. The Bertz CT molecular complexity index is 445. The van der Waals surface area contributed by atoms with E-state index in [9.17, 15) is 0 Å². The number of benzene rings is 1. The molecule has 1 atom stereocenters. The van der Waals surface area contributed by atoms with E-state index in [1.54, 1.807) is 21.3 Å². The molecule has 118 valence electrons. The van der Waals surface area contributed by atoms with Gasteiger partial charge < -0.3 is 19.9 Å². The van der Waals surface area contributed by atoms with Crippen LogP contribution in [0.15, 0.2) is 18.2 Å². The van der Waals surface area contributed by atoms with Gasteiger partial charge in [-0.25, -0.2) is 0 Å². The molecule has 21 heavy (non-hydrogen) atoms. The molecule has 1 heterocycles. The molecule has 2 rings (SSSR count). The second-order valence-corrected chi connectivity index (χ2v) is 5.33. The van der Waals surface area contributed by atoms with Crippen LogP contribution in [0.3, 0.4) is 0 Å². The maximum absolute atomic E-state index is 6.05. The lowest BCUT2D eigenvalue weighted by Crippen LogP contribution is -2.41. The van der Waals surface area contributed by atoms with Crippen molar-refractivity contribution in [2.24, 2.45) is 5.73 Å². The number of hydrogen-bond acceptors (Lipinski definition) is 5. The number of rotatable bonds is 6. The monoisotopic (exact) mass is 294 g/mol. The Labute approximate surface area is 127 Å². The van der Waals surface area contributed by atoms with Gasteiger partial charge in [0.2, 0.25) is 0 Å². The largest absolute Gasteiger partial charge is 0.497 e. The van der Waals surface area contributed by atoms with Gasteiger partial charge in [0.1, 0.15) is 11.5 Å². The topological polar surface area (TPSA) is 57.0 Å². The predicted molar refractivity (Wildman–Crippen MR) is 82.9 cm³/mol. The van der Waals surface area contributed by atoms with Crippen LogP contribution in [-0.4, -0.2) is 52.0 Å². The first-order chi connectivity index (χ1) is 10.2. The van der Waals surface area contributed by atoms with E-state index >= 15 is 0 Å². The van der Waals surface area contributed by atoms with E-state index in [4.69, 9.17) is 19.9 Å². The minimum absolute atomic E-state index is 0.146. The van der Waals surface area contributed by atoms with Crippen molar-refractivity contribution in [3.63, 3.8) is 0 Å². The van der Waals surface area contributed by atoms with Gasteiger partial charge in [-0.15, -0.1) is 0 Å². The number of methoxy groups -OCH3 is 3. The van der Waals surface area contributed by atoms with Crippen LogP contribution in [0, 0.1) is 0 Å². The van der Waals surface area contributed by atoms with Crippen molar-refractivity contribution in [3.8, 4) is 11.5 Å². The van der Waals surface area contributed by atoms with Gasteiger partial charge in [0.05, 0.1) is 26.4 Å². The molecule has 1 unspecified atom stereocenters. The van der Waals surface area contributed by atoms with Crippen LogP contribution in [0.2, 0.25) is 0 Å². The van der Waals surface area contributed by atoms with E-state index < -0.39 is 0 Å². The Balaban J connectivity index is 2.20. The average Bonchev–Trinajstić information content (AvgIpc) is 2.56. The maximum atomic E-state index is 6.05. The first-order valence-electron chi connectivity index (χ1n) is 7.42. The van der Waals surface area contributed by atoms with Gasteiger partial charge in [-0.2, -0.15) is 0 Å². The lowest BCUT2D eigenvalue weighted by molar-refractivity contribution is 0.0277. The van der Waals surface area contributed by atoms with E-state index in [0.717, 1.165) is 43.0 Å². The van der Waals surface area contributed by atoms with Gasteiger partial charge in [0, 0.05) is 32.3 Å². The quantitative estimate of drug-likeness (QED) is 0.867. The summed E-state index contributed by atoms with van der Waals surface area (Å²) in [6.07, 6.45) is 2.45. The molecule has 0 aromatic heterocycles. The summed E-state index contributed by atoms with van der Waals surface area (Å²) in [5, 5.41) is 0. The third-order valence-electron chi connectivity index (χ3n) is 4.27. The summed E-state index contributed by atoms with van der Waals surface area (Å²) >= 11 is 0. The average molecular weight is 294 g/mol. The van der Waals surface area contributed by atoms with Crippen LogP contribution in [0.25, 0.3) is 0 Å². The van der Waals surface area contributed by atoms with Crippen molar-refractivity contribution in [3.05, 3.63) is 23.8 Å². The van der Waals surface area contributed by atoms with Crippen molar-refractivity contribution in [1.29, 1.82) is 0 Å². The van der Waals surface area contributed by atoms with E-state index in [1.807, 2.05) is 18.2 Å². The Kier molecular flexibility index (Phi) is 5.85. The summed E-state index contributed by atoms with van der Waals surface area (Å²) < 4.78 is 16.3. The number of piperidine rings is 1. The summed E-state index contributed by atoms with van der Waals surface area (Å²) in [7, 11) is 5.15. The summed E-state index contributed by atoms with van der Waals surface area (Å²) in [6.45, 7) is 2.53. The lowest BCUT2D eigenvalue weighted by Gasteiger charge is -2.37. The summed E-state index contributed by atoms with van der Waals surface area (Å²) in [6, 6.07) is 6.03. The standard InChI is InChI=1S/C16H26N2O3/c1-19-12-6-8-18(9-7-12)15(11-17)14-10-13(20-2)4-5-16(14)21-3/h4-5,10,12,15H,6-9,11,17H2,1-3H3. The van der Waals surface area contributed by atoms with Crippen molar-refractivity contribution < 1.29 is 14.2 Å². The van der Waals surface area contributed by atoms with Crippen LogP contribution in [-0.2, 0) is 4.74 Å². The third kappa shape index (κ3) is 3.67. The molecular weight excluding hydrogens is 268 g/mol. The van der Waals surface area contributed by atoms with Crippen molar-refractivity contribution in [2.45, 2.75) is 25.0 Å². The van der Waals surface area contributed by atoms with Gasteiger partial charge in [0.25, 0.3) is 0 Å². The number of likely N-dealkylation sites (tertiary alicyclic amines) is 1. The summed E-state index contributed by atoms with van der Waals surface area (Å²) in [4.78, 5) is 2.41. The molecule has 1 saturated heterocycles. The highest BCUT2D eigenvalue weighted by molar-refractivity contribution is 5.42. The molecule has 5 nitrogen and oxygen atoms in total. The molecule has 0 aliphatic carbocycles. The zero-order valence-electron chi connectivity index (χ0n) is 13.2. The minimum Gasteiger partial charge on any atom is -0.497 e. The van der Waals surface area contributed by atoms with Crippen LogP contribution in [0.4, 0.5) is 0 Å². The highest BCUT2D eigenvalue weighted by atomic mass is 16.5. The highest BCUT2D eigenvalue weighted by Crippen LogP contribution is 2.33. The SMILES string of the molecule is COc1ccc(OC)c(C(CN)N2CCC(OC)CC2)c1. The maximum Gasteiger partial charge on any atom is 0.123 e. The van der Waals surface area contributed by atoms with Gasteiger partial charge in [-0.1, -0.05) is 0 Å². The Hall–Kier alpha value is -1.30. The van der Waals surface area contributed by atoms with E-state index in [0.29, 0.717) is 12.6 Å². The third-order valence-corrected chi connectivity index (χ3v) is 4.27. The first-order valence-corrected chi connectivity index (χ1v) is 7.42. The highest BCUT2D eigenvalue weighted by Gasteiger charge is 2.27.